The predicted molar refractivity (Wildman–Crippen MR) is 157 cm³/mol. The summed E-state index contributed by atoms with van der Waals surface area (Å²) in [5.41, 5.74) is 1.87. The molecular weight excluding hydrogens is 578 g/mol. The minimum Gasteiger partial charge on any atom is -0.387 e. The highest BCUT2D eigenvalue weighted by atomic mass is 79.9. The number of aromatic nitrogens is 1. The third-order valence-corrected chi connectivity index (χ3v) is 9.07. The first kappa shape index (κ1) is 28.3. The van der Waals surface area contributed by atoms with Crippen LogP contribution in [0.3, 0.4) is 0 Å². The zero-order valence-corrected chi connectivity index (χ0v) is 24.3. The number of nitrogens with one attached hydrogen (secondary N) is 3. The van der Waals surface area contributed by atoms with Gasteiger partial charge in [-0.2, -0.15) is 0 Å². The molecule has 2 amide bonds. The molecule has 0 radical (unpaired) electrons. The van der Waals surface area contributed by atoms with Crippen molar-refractivity contribution in [3.8, 4) is 0 Å². The molecule has 0 saturated carbocycles. The summed E-state index contributed by atoms with van der Waals surface area (Å²) in [6.07, 6.45) is 8.79. The fourth-order valence-corrected chi connectivity index (χ4v) is 6.67. The molecule has 214 valence electrons. The molecule has 0 unspecified atom stereocenters. The Labute approximate surface area is 242 Å². The van der Waals surface area contributed by atoms with Gasteiger partial charge in [-0.25, -0.2) is 0 Å². The van der Waals surface area contributed by atoms with Gasteiger partial charge in [0.1, 0.15) is 5.69 Å². The maximum atomic E-state index is 13.8. The van der Waals surface area contributed by atoms with Gasteiger partial charge in [0.2, 0.25) is 0 Å². The van der Waals surface area contributed by atoms with Crippen LogP contribution in [-0.4, -0.2) is 83.9 Å². The van der Waals surface area contributed by atoms with E-state index >= 15 is 0 Å². The standard InChI is InChI=1S/C28H36BrN7O4/c1-30-22-13-19(16-32-17-22)26(37)35-10-2-3-21(18-35)33-25-23(14-20(29)15-24(25)36(39)40)27(38)34-11-6-28(7-12-34)4-8-31-9-5-28/h13-17,21,30-31,33H,2-12,18H2,1H3/t21-/m1/s1. The molecule has 1 atom stereocenters. The molecule has 40 heavy (non-hydrogen) atoms. The molecule has 11 nitrogen and oxygen atoms in total. The van der Waals surface area contributed by atoms with E-state index in [0.717, 1.165) is 57.3 Å². The van der Waals surface area contributed by atoms with Crippen LogP contribution in [-0.2, 0) is 0 Å². The quantitative estimate of drug-likeness (QED) is 0.327. The molecule has 3 aliphatic rings. The Balaban J connectivity index is 1.35. The lowest BCUT2D eigenvalue weighted by molar-refractivity contribution is -0.384. The highest BCUT2D eigenvalue weighted by Crippen LogP contribution is 2.41. The Morgan fingerprint density at radius 3 is 2.52 bits per heavy atom. The fourth-order valence-electron chi connectivity index (χ4n) is 6.23. The number of carbonyl (C=O) groups excluding carboxylic acids is 2. The van der Waals surface area contributed by atoms with E-state index in [-0.39, 0.29) is 40.2 Å². The molecule has 4 heterocycles. The topological polar surface area (TPSA) is 133 Å². The lowest BCUT2D eigenvalue weighted by atomic mass is 9.71. The molecule has 3 fully saturated rings. The highest BCUT2D eigenvalue weighted by molar-refractivity contribution is 9.10. The summed E-state index contributed by atoms with van der Waals surface area (Å²) in [7, 11) is 1.77. The molecule has 5 rings (SSSR count). The van der Waals surface area contributed by atoms with E-state index < -0.39 is 4.92 Å². The first-order valence-corrected chi connectivity index (χ1v) is 14.7. The van der Waals surface area contributed by atoms with Gasteiger partial charge in [0, 0.05) is 62.2 Å². The normalized spacial score (nSPS) is 20.7. The van der Waals surface area contributed by atoms with Gasteiger partial charge in [0.25, 0.3) is 17.5 Å². The van der Waals surface area contributed by atoms with E-state index in [2.05, 4.69) is 36.9 Å². The summed E-state index contributed by atoms with van der Waals surface area (Å²) in [6, 6.07) is 4.62. The Kier molecular flexibility index (Phi) is 8.55. The van der Waals surface area contributed by atoms with Crippen LogP contribution >= 0.6 is 15.9 Å². The van der Waals surface area contributed by atoms with Gasteiger partial charge in [-0.15, -0.1) is 0 Å². The summed E-state index contributed by atoms with van der Waals surface area (Å²) < 4.78 is 0.484. The monoisotopic (exact) mass is 613 g/mol. The number of rotatable bonds is 6. The van der Waals surface area contributed by atoms with E-state index in [1.807, 2.05) is 4.90 Å². The summed E-state index contributed by atoms with van der Waals surface area (Å²) in [4.78, 5) is 46.5. The van der Waals surface area contributed by atoms with Crippen LogP contribution < -0.4 is 16.0 Å². The number of carbonyl (C=O) groups is 2. The van der Waals surface area contributed by atoms with Crippen LogP contribution in [0.25, 0.3) is 0 Å². The van der Waals surface area contributed by atoms with Gasteiger partial charge in [0.05, 0.1) is 21.7 Å². The van der Waals surface area contributed by atoms with Crippen molar-refractivity contribution in [2.24, 2.45) is 5.41 Å². The number of pyridine rings is 1. The maximum absolute atomic E-state index is 13.8. The molecule has 1 spiro atoms. The van der Waals surface area contributed by atoms with Crippen molar-refractivity contribution in [2.75, 3.05) is 56.9 Å². The number of piperidine rings is 3. The number of hydrogen-bond donors (Lipinski definition) is 3. The lowest BCUT2D eigenvalue weighted by Gasteiger charge is -2.44. The van der Waals surface area contributed by atoms with Crippen molar-refractivity contribution in [3.05, 3.63) is 56.3 Å². The number of halogens is 1. The third kappa shape index (κ3) is 6.07. The average molecular weight is 615 g/mol. The molecule has 3 saturated heterocycles. The number of amides is 2. The molecule has 3 N–H and O–H groups in total. The number of nitro groups is 1. The summed E-state index contributed by atoms with van der Waals surface area (Å²) in [5, 5.41) is 21.9. The SMILES string of the molecule is CNc1cncc(C(=O)N2CCC[C@@H](Nc3c(C(=O)N4CCC5(CCNCC5)CC4)cc(Br)cc3[N+](=O)[O-])C2)c1. The Morgan fingerprint density at radius 1 is 1.07 bits per heavy atom. The van der Waals surface area contributed by atoms with Crippen LogP contribution in [0, 0.1) is 15.5 Å². The number of likely N-dealkylation sites (tertiary alicyclic amines) is 2. The highest BCUT2D eigenvalue weighted by Gasteiger charge is 2.38. The van der Waals surface area contributed by atoms with Crippen LogP contribution in [0.1, 0.15) is 59.2 Å². The summed E-state index contributed by atoms with van der Waals surface area (Å²) >= 11 is 3.38. The fraction of sp³-hybridized carbons (Fsp3) is 0.536. The van der Waals surface area contributed by atoms with Crippen molar-refractivity contribution >= 4 is 44.8 Å². The van der Waals surface area contributed by atoms with E-state index in [4.69, 9.17) is 0 Å². The number of hydrogen-bond acceptors (Lipinski definition) is 8. The van der Waals surface area contributed by atoms with E-state index in [9.17, 15) is 19.7 Å². The number of nitro benzene ring substituents is 1. The smallest absolute Gasteiger partial charge is 0.294 e. The second-order valence-corrected chi connectivity index (χ2v) is 12.0. The molecule has 2 aromatic rings. The molecule has 1 aromatic heterocycles. The van der Waals surface area contributed by atoms with Gasteiger partial charge >= 0.3 is 0 Å². The van der Waals surface area contributed by atoms with Gasteiger partial charge in [-0.1, -0.05) is 15.9 Å². The zero-order chi connectivity index (χ0) is 28.3. The number of benzene rings is 1. The first-order valence-electron chi connectivity index (χ1n) is 14.0. The first-order chi connectivity index (χ1) is 19.3. The van der Waals surface area contributed by atoms with Crippen LogP contribution in [0.2, 0.25) is 0 Å². The van der Waals surface area contributed by atoms with Gasteiger partial charge in [0.15, 0.2) is 0 Å². The van der Waals surface area contributed by atoms with Crippen molar-refractivity contribution in [2.45, 2.75) is 44.6 Å². The van der Waals surface area contributed by atoms with Crippen LogP contribution in [0.4, 0.5) is 17.1 Å². The summed E-state index contributed by atoms with van der Waals surface area (Å²) in [6.45, 7) is 4.26. The second kappa shape index (κ2) is 12.1. The van der Waals surface area contributed by atoms with Gasteiger partial charge < -0.3 is 25.8 Å². The van der Waals surface area contributed by atoms with Gasteiger partial charge in [-0.3, -0.25) is 24.7 Å². The van der Waals surface area contributed by atoms with Crippen LogP contribution in [0.5, 0.6) is 0 Å². The average Bonchev–Trinajstić information content (AvgIpc) is 2.98. The van der Waals surface area contributed by atoms with Crippen molar-refractivity contribution in [3.63, 3.8) is 0 Å². The molecule has 12 heteroatoms. The predicted octanol–water partition coefficient (Wildman–Crippen LogP) is 4.12. The molecule has 1 aromatic carbocycles. The Hall–Kier alpha value is -3.25. The summed E-state index contributed by atoms with van der Waals surface area (Å²) in [5.74, 6) is -0.341. The largest absolute Gasteiger partial charge is 0.387 e. The van der Waals surface area contributed by atoms with E-state index in [0.29, 0.717) is 36.2 Å². The zero-order valence-electron chi connectivity index (χ0n) is 22.7. The minimum atomic E-state index is -0.454. The molecule has 0 aliphatic carbocycles. The number of anilines is 2. The van der Waals surface area contributed by atoms with E-state index in [1.54, 1.807) is 36.5 Å². The molecule has 0 bridgehead atoms. The number of nitrogens with zero attached hydrogens (tertiary/aromatic N) is 4. The van der Waals surface area contributed by atoms with Crippen molar-refractivity contribution in [1.29, 1.82) is 0 Å². The third-order valence-electron chi connectivity index (χ3n) is 8.62. The molecular formula is C28H36BrN7O4. The van der Waals surface area contributed by atoms with Gasteiger partial charge in [-0.05, 0) is 69.2 Å². The van der Waals surface area contributed by atoms with Crippen molar-refractivity contribution < 1.29 is 14.5 Å². The minimum absolute atomic E-state index is 0.141. The lowest BCUT2D eigenvalue weighted by Crippen LogP contribution is -2.47. The van der Waals surface area contributed by atoms with Crippen LogP contribution in [0.15, 0.2) is 35.1 Å². The Morgan fingerprint density at radius 2 is 1.82 bits per heavy atom. The van der Waals surface area contributed by atoms with Crippen molar-refractivity contribution in [1.82, 2.24) is 20.1 Å². The molecule has 3 aliphatic heterocycles. The Bertz CT molecular complexity index is 1270. The maximum Gasteiger partial charge on any atom is 0.294 e. The second-order valence-electron chi connectivity index (χ2n) is 11.1. The van der Waals surface area contributed by atoms with E-state index in [1.165, 1.54) is 6.07 Å².